The molecule has 0 saturated carbocycles. The van der Waals surface area contributed by atoms with Gasteiger partial charge >= 0.3 is 0 Å². The molecule has 0 aliphatic carbocycles. The third-order valence-corrected chi connectivity index (χ3v) is 6.29. The minimum absolute atomic E-state index is 0.270. The first-order chi connectivity index (χ1) is 14.6. The number of ether oxygens (including phenoxy) is 3. The summed E-state index contributed by atoms with van der Waals surface area (Å²) in [5.41, 5.74) is 1.20. The lowest BCUT2D eigenvalue weighted by Crippen LogP contribution is -2.49. The molecule has 1 N–H and O–H groups in total. The molecule has 0 bridgehead atoms. The van der Waals surface area contributed by atoms with Crippen LogP contribution in [0.25, 0.3) is 0 Å². The molecule has 1 aromatic rings. The van der Waals surface area contributed by atoms with E-state index in [4.69, 9.17) is 14.2 Å². The van der Waals surface area contributed by atoms with Crippen molar-refractivity contribution in [3.8, 4) is 11.5 Å². The van der Waals surface area contributed by atoms with Crippen LogP contribution in [0.15, 0.2) is 18.2 Å². The molecule has 1 atom stereocenters. The van der Waals surface area contributed by atoms with Crippen molar-refractivity contribution >= 4 is 0 Å². The van der Waals surface area contributed by atoms with Gasteiger partial charge in [0.25, 0.3) is 0 Å². The number of methoxy groups -OCH3 is 1. The lowest BCUT2D eigenvalue weighted by molar-refractivity contribution is 0.0406. The minimum Gasteiger partial charge on any atom is -0.493 e. The van der Waals surface area contributed by atoms with Crippen LogP contribution in [0.3, 0.4) is 0 Å². The van der Waals surface area contributed by atoms with E-state index in [1.807, 2.05) is 12.1 Å². The van der Waals surface area contributed by atoms with E-state index in [-0.39, 0.29) is 6.61 Å². The third kappa shape index (κ3) is 6.82. The predicted molar refractivity (Wildman–Crippen MR) is 118 cm³/mol. The van der Waals surface area contributed by atoms with Crippen LogP contribution in [0, 0.1) is 0 Å². The topological polar surface area (TPSA) is 57.6 Å². The Labute approximate surface area is 181 Å². The van der Waals surface area contributed by atoms with E-state index in [2.05, 4.69) is 34.7 Å². The Kier molecular flexibility index (Phi) is 9.21. The Bertz CT molecular complexity index is 631. The molecule has 7 nitrogen and oxygen atoms in total. The van der Waals surface area contributed by atoms with Gasteiger partial charge in [-0.3, -0.25) is 9.80 Å². The molecule has 0 spiro atoms. The summed E-state index contributed by atoms with van der Waals surface area (Å²) in [5, 5.41) is 10.4. The van der Waals surface area contributed by atoms with Gasteiger partial charge < -0.3 is 24.2 Å². The molecule has 30 heavy (non-hydrogen) atoms. The molecule has 2 heterocycles. The summed E-state index contributed by atoms with van der Waals surface area (Å²) in [6.07, 6.45) is 1.66. The molecule has 2 aliphatic heterocycles. The fourth-order valence-corrected chi connectivity index (χ4v) is 4.30. The minimum atomic E-state index is -0.512. The van der Waals surface area contributed by atoms with Gasteiger partial charge in [0.05, 0.1) is 7.11 Å². The van der Waals surface area contributed by atoms with Gasteiger partial charge in [-0.1, -0.05) is 13.0 Å². The van der Waals surface area contributed by atoms with Crippen molar-refractivity contribution in [1.29, 1.82) is 0 Å². The number of benzene rings is 1. The van der Waals surface area contributed by atoms with Crippen molar-refractivity contribution < 1.29 is 19.3 Å². The number of β-amino-alcohol motifs (C(OH)–C–C–N with tert-alkyl or cyclic N) is 1. The number of aliphatic hydroxyl groups is 1. The SMILES string of the molecule is CCN1CCN(CC(O)COc2ccc(CN(C)C3CCOCC3)cc2OC)CC1. The molecular weight excluding hydrogens is 382 g/mol. The van der Waals surface area contributed by atoms with Crippen LogP contribution in [0.4, 0.5) is 0 Å². The predicted octanol–water partition coefficient (Wildman–Crippen LogP) is 1.68. The van der Waals surface area contributed by atoms with E-state index in [9.17, 15) is 5.11 Å². The van der Waals surface area contributed by atoms with Crippen molar-refractivity contribution in [2.24, 2.45) is 0 Å². The van der Waals surface area contributed by atoms with Gasteiger partial charge in [0, 0.05) is 58.5 Å². The van der Waals surface area contributed by atoms with Crippen molar-refractivity contribution in [3.63, 3.8) is 0 Å². The molecular formula is C23H39N3O4. The Balaban J connectivity index is 1.47. The second-order valence-corrected chi connectivity index (χ2v) is 8.44. The molecule has 0 radical (unpaired) electrons. The normalized spacial score (nSPS) is 20.4. The lowest BCUT2D eigenvalue weighted by Gasteiger charge is -2.34. The number of piperazine rings is 1. The molecule has 170 valence electrons. The first-order valence-electron chi connectivity index (χ1n) is 11.3. The number of likely N-dealkylation sites (N-methyl/N-ethyl adjacent to an activating group) is 1. The highest BCUT2D eigenvalue weighted by molar-refractivity contribution is 5.43. The molecule has 2 fully saturated rings. The van der Waals surface area contributed by atoms with Crippen LogP contribution in [0.1, 0.15) is 25.3 Å². The van der Waals surface area contributed by atoms with Gasteiger partial charge in [-0.15, -0.1) is 0 Å². The standard InChI is InChI=1S/C23H39N3O4/c1-4-25-9-11-26(12-10-25)17-21(27)18-30-22-6-5-19(15-23(22)28-3)16-24(2)20-7-13-29-14-8-20/h5-6,15,20-21,27H,4,7-14,16-18H2,1-3H3. The zero-order valence-corrected chi connectivity index (χ0v) is 18.9. The molecule has 3 rings (SSSR count). The van der Waals surface area contributed by atoms with Gasteiger partial charge in [0.2, 0.25) is 0 Å². The summed E-state index contributed by atoms with van der Waals surface area (Å²) >= 11 is 0. The Morgan fingerprint density at radius 1 is 1.13 bits per heavy atom. The van der Waals surface area contributed by atoms with E-state index in [0.717, 1.165) is 71.1 Å². The maximum Gasteiger partial charge on any atom is 0.161 e. The number of hydrogen-bond acceptors (Lipinski definition) is 7. The highest BCUT2D eigenvalue weighted by Gasteiger charge is 2.20. The summed E-state index contributed by atoms with van der Waals surface area (Å²) in [7, 11) is 3.83. The van der Waals surface area contributed by atoms with Crippen molar-refractivity contribution in [1.82, 2.24) is 14.7 Å². The summed E-state index contributed by atoms with van der Waals surface area (Å²) in [5.74, 6) is 1.40. The summed E-state index contributed by atoms with van der Waals surface area (Å²) in [4.78, 5) is 7.14. The molecule has 2 aliphatic rings. The monoisotopic (exact) mass is 421 g/mol. The molecule has 0 aromatic heterocycles. The maximum absolute atomic E-state index is 10.4. The molecule has 2 saturated heterocycles. The first kappa shape index (κ1) is 23.3. The van der Waals surface area contributed by atoms with E-state index >= 15 is 0 Å². The first-order valence-corrected chi connectivity index (χ1v) is 11.3. The van der Waals surface area contributed by atoms with Crippen LogP contribution in [-0.2, 0) is 11.3 Å². The van der Waals surface area contributed by atoms with Crippen molar-refractivity contribution in [3.05, 3.63) is 23.8 Å². The summed E-state index contributed by atoms with van der Waals surface area (Å²) in [6, 6.07) is 6.65. The average molecular weight is 422 g/mol. The summed E-state index contributed by atoms with van der Waals surface area (Å²) < 4.78 is 16.9. The van der Waals surface area contributed by atoms with E-state index in [0.29, 0.717) is 18.3 Å². The summed E-state index contributed by atoms with van der Waals surface area (Å²) in [6.45, 7) is 10.9. The Hall–Kier alpha value is -1.38. The van der Waals surface area contributed by atoms with Gasteiger partial charge in [-0.2, -0.15) is 0 Å². The molecule has 7 heteroatoms. The lowest BCUT2D eigenvalue weighted by atomic mass is 10.1. The van der Waals surface area contributed by atoms with Crippen LogP contribution < -0.4 is 9.47 Å². The number of rotatable bonds is 10. The molecule has 1 aromatic carbocycles. The number of nitrogens with zero attached hydrogens (tertiary/aromatic N) is 3. The maximum atomic E-state index is 10.4. The quantitative estimate of drug-likeness (QED) is 0.617. The fraction of sp³-hybridized carbons (Fsp3) is 0.739. The van der Waals surface area contributed by atoms with Gasteiger partial charge in [0.1, 0.15) is 12.7 Å². The number of hydrogen-bond donors (Lipinski definition) is 1. The molecule has 1 unspecified atom stereocenters. The number of aliphatic hydroxyl groups excluding tert-OH is 1. The highest BCUT2D eigenvalue weighted by atomic mass is 16.5. The van der Waals surface area contributed by atoms with Gasteiger partial charge in [-0.25, -0.2) is 0 Å². The van der Waals surface area contributed by atoms with E-state index in [1.165, 1.54) is 5.56 Å². The smallest absolute Gasteiger partial charge is 0.161 e. The van der Waals surface area contributed by atoms with Crippen LogP contribution >= 0.6 is 0 Å². The third-order valence-electron chi connectivity index (χ3n) is 6.29. The van der Waals surface area contributed by atoms with E-state index in [1.54, 1.807) is 7.11 Å². The average Bonchev–Trinajstić information content (AvgIpc) is 2.79. The second-order valence-electron chi connectivity index (χ2n) is 8.44. The Morgan fingerprint density at radius 2 is 1.83 bits per heavy atom. The van der Waals surface area contributed by atoms with Gasteiger partial charge in [0.15, 0.2) is 11.5 Å². The second kappa shape index (κ2) is 11.9. The zero-order chi connectivity index (χ0) is 21.3. The van der Waals surface area contributed by atoms with E-state index < -0.39 is 6.10 Å². The van der Waals surface area contributed by atoms with Crippen LogP contribution in [0.2, 0.25) is 0 Å². The highest BCUT2D eigenvalue weighted by Crippen LogP contribution is 2.29. The van der Waals surface area contributed by atoms with Crippen molar-refractivity contribution in [2.75, 3.05) is 73.2 Å². The van der Waals surface area contributed by atoms with Crippen LogP contribution in [-0.4, -0.2) is 105 Å². The fourth-order valence-electron chi connectivity index (χ4n) is 4.30. The zero-order valence-electron chi connectivity index (χ0n) is 18.9. The molecule has 0 amide bonds. The largest absolute Gasteiger partial charge is 0.493 e. The van der Waals surface area contributed by atoms with Gasteiger partial charge in [-0.05, 0) is 44.1 Å². The van der Waals surface area contributed by atoms with Crippen molar-refractivity contribution in [2.45, 2.75) is 38.5 Å². The van der Waals surface area contributed by atoms with Crippen LogP contribution in [0.5, 0.6) is 11.5 Å². The Morgan fingerprint density at radius 3 is 2.50 bits per heavy atom.